The number of halogens is 2. The fourth-order valence-electron chi connectivity index (χ4n) is 6.89. The van der Waals surface area contributed by atoms with Crippen LogP contribution in [-0.4, -0.2) is 0 Å². The summed E-state index contributed by atoms with van der Waals surface area (Å²) in [5.41, 5.74) is 1.31. The van der Waals surface area contributed by atoms with Crippen LogP contribution in [0.15, 0.2) is 12.1 Å². The molecular formula is C27H40F2. The lowest BCUT2D eigenvalue weighted by molar-refractivity contribution is 0.185. The molecule has 0 bridgehead atoms. The van der Waals surface area contributed by atoms with Crippen LogP contribution in [0.1, 0.15) is 126 Å². The minimum atomic E-state index is -0.532. The Hall–Kier alpha value is -0.920. The summed E-state index contributed by atoms with van der Waals surface area (Å²) in [6.07, 6.45) is 18.4. The molecule has 0 aromatic heterocycles. The number of rotatable bonds is 5. The molecule has 0 aliphatic heterocycles. The summed E-state index contributed by atoms with van der Waals surface area (Å²) in [6, 6.07) is 3.88. The summed E-state index contributed by atoms with van der Waals surface area (Å²) in [6.45, 7) is 2.24. The van der Waals surface area contributed by atoms with Crippen LogP contribution in [0.3, 0.4) is 0 Å². The Labute approximate surface area is 176 Å². The van der Waals surface area contributed by atoms with E-state index in [4.69, 9.17) is 0 Å². The Morgan fingerprint density at radius 2 is 1.14 bits per heavy atom. The molecule has 0 spiro atoms. The van der Waals surface area contributed by atoms with Crippen LogP contribution in [-0.2, 0) is 0 Å². The van der Waals surface area contributed by atoms with Gasteiger partial charge in [-0.2, -0.15) is 0 Å². The predicted octanol–water partition coefficient (Wildman–Crippen LogP) is 8.89. The summed E-state index contributed by atoms with van der Waals surface area (Å²) in [4.78, 5) is 0. The highest BCUT2D eigenvalue weighted by molar-refractivity contribution is 5.32. The van der Waals surface area contributed by atoms with Gasteiger partial charge in [-0.05, 0) is 92.1 Å². The van der Waals surface area contributed by atoms with Crippen molar-refractivity contribution < 1.29 is 8.78 Å². The van der Waals surface area contributed by atoms with Gasteiger partial charge in [-0.15, -0.1) is 0 Å². The van der Waals surface area contributed by atoms with E-state index in [0.29, 0.717) is 11.1 Å². The van der Waals surface area contributed by atoms with E-state index in [2.05, 4.69) is 6.92 Å². The molecule has 3 saturated carbocycles. The lowest BCUT2D eigenvalue weighted by Crippen LogP contribution is -2.23. The molecule has 29 heavy (non-hydrogen) atoms. The van der Waals surface area contributed by atoms with Crippen LogP contribution in [0.5, 0.6) is 0 Å². The molecule has 0 radical (unpaired) electrons. The Kier molecular flexibility index (Phi) is 7.30. The van der Waals surface area contributed by atoms with E-state index in [1.54, 1.807) is 0 Å². The van der Waals surface area contributed by atoms with Crippen LogP contribution in [0.4, 0.5) is 8.78 Å². The Balaban J connectivity index is 1.38. The minimum absolute atomic E-state index is 0.216. The molecule has 1 aromatic carbocycles. The quantitative estimate of drug-likeness (QED) is 0.461. The number of hydrogen-bond donors (Lipinski definition) is 0. The molecule has 1 aromatic rings. The van der Waals surface area contributed by atoms with Gasteiger partial charge in [0, 0.05) is 0 Å². The van der Waals surface area contributed by atoms with Gasteiger partial charge in [-0.3, -0.25) is 0 Å². The first kappa shape index (κ1) is 21.3. The zero-order valence-electron chi connectivity index (χ0n) is 18.4. The topological polar surface area (TPSA) is 0 Å². The highest BCUT2D eigenvalue weighted by Gasteiger charge is 2.32. The van der Waals surface area contributed by atoms with E-state index in [0.717, 1.165) is 43.4 Å². The first-order chi connectivity index (χ1) is 14.2. The zero-order valence-corrected chi connectivity index (χ0v) is 18.4. The Morgan fingerprint density at radius 1 is 0.655 bits per heavy atom. The van der Waals surface area contributed by atoms with Crippen molar-refractivity contribution >= 4 is 0 Å². The van der Waals surface area contributed by atoms with Gasteiger partial charge in [-0.25, -0.2) is 8.78 Å². The lowest BCUT2D eigenvalue weighted by atomic mass is 9.69. The van der Waals surface area contributed by atoms with Crippen LogP contribution < -0.4 is 0 Å². The van der Waals surface area contributed by atoms with Crippen LogP contribution >= 0.6 is 0 Å². The van der Waals surface area contributed by atoms with Crippen molar-refractivity contribution in [2.24, 2.45) is 17.8 Å². The smallest absolute Gasteiger partial charge is 0.162 e. The van der Waals surface area contributed by atoms with Gasteiger partial charge in [0.25, 0.3) is 0 Å². The first-order valence-electron chi connectivity index (χ1n) is 12.6. The third kappa shape index (κ3) is 4.88. The van der Waals surface area contributed by atoms with Crippen molar-refractivity contribution in [2.75, 3.05) is 0 Å². The first-order valence-corrected chi connectivity index (χ1v) is 12.6. The molecular weight excluding hydrogens is 362 g/mol. The average molecular weight is 403 g/mol. The molecule has 0 unspecified atom stereocenters. The Morgan fingerprint density at radius 3 is 1.66 bits per heavy atom. The maximum Gasteiger partial charge on any atom is 0.162 e. The van der Waals surface area contributed by atoms with E-state index in [9.17, 15) is 0 Å². The van der Waals surface area contributed by atoms with Crippen molar-refractivity contribution in [1.82, 2.24) is 0 Å². The van der Waals surface area contributed by atoms with E-state index in [1.807, 2.05) is 12.1 Å². The van der Waals surface area contributed by atoms with Gasteiger partial charge in [0.05, 0.1) is 0 Å². The largest absolute Gasteiger partial charge is 0.203 e. The molecule has 3 aliphatic rings. The summed E-state index contributed by atoms with van der Waals surface area (Å²) in [5.74, 6) is 1.90. The summed E-state index contributed by atoms with van der Waals surface area (Å²) >= 11 is 0. The van der Waals surface area contributed by atoms with Gasteiger partial charge in [0.1, 0.15) is 0 Å². The minimum Gasteiger partial charge on any atom is -0.203 e. The molecule has 0 heterocycles. The van der Waals surface area contributed by atoms with Crippen LogP contribution in [0.2, 0.25) is 0 Å². The third-order valence-corrected chi connectivity index (χ3v) is 8.65. The van der Waals surface area contributed by atoms with E-state index in [1.165, 1.54) is 70.6 Å². The van der Waals surface area contributed by atoms with E-state index >= 15 is 8.78 Å². The molecule has 0 amide bonds. The second kappa shape index (κ2) is 9.92. The van der Waals surface area contributed by atoms with Gasteiger partial charge < -0.3 is 0 Å². The maximum atomic E-state index is 15.1. The molecule has 2 heteroatoms. The monoisotopic (exact) mass is 402 g/mol. The highest BCUT2D eigenvalue weighted by Crippen LogP contribution is 2.45. The molecule has 4 rings (SSSR count). The second-order valence-corrected chi connectivity index (χ2v) is 10.4. The molecule has 0 atom stereocenters. The summed E-state index contributed by atoms with van der Waals surface area (Å²) in [7, 11) is 0. The maximum absolute atomic E-state index is 15.1. The van der Waals surface area contributed by atoms with Gasteiger partial charge in [-0.1, -0.05) is 64.0 Å². The van der Waals surface area contributed by atoms with Gasteiger partial charge in [0.2, 0.25) is 0 Å². The molecule has 3 aliphatic carbocycles. The molecule has 0 nitrogen and oxygen atoms in total. The van der Waals surface area contributed by atoms with Gasteiger partial charge >= 0.3 is 0 Å². The van der Waals surface area contributed by atoms with Crippen molar-refractivity contribution in [3.63, 3.8) is 0 Å². The zero-order chi connectivity index (χ0) is 20.2. The van der Waals surface area contributed by atoms with Crippen molar-refractivity contribution in [3.8, 4) is 0 Å². The summed E-state index contributed by atoms with van der Waals surface area (Å²) in [5, 5.41) is 0. The standard InChI is InChI=1S/C27H40F2/c1-2-6-19-9-11-22(12-10-19)24-17-18-25(27(29)26(24)28)23-15-13-21(14-16-23)20-7-4-3-5-8-20/h17-23H,2-16H2,1H3. The van der Waals surface area contributed by atoms with Crippen LogP contribution in [0, 0.1) is 29.4 Å². The Bertz CT molecular complexity index is 645. The predicted molar refractivity (Wildman–Crippen MR) is 117 cm³/mol. The lowest BCUT2D eigenvalue weighted by Gasteiger charge is -2.36. The van der Waals surface area contributed by atoms with Gasteiger partial charge in [0.15, 0.2) is 11.6 Å². The van der Waals surface area contributed by atoms with Crippen molar-refractivity contribution in [2.45, 2.75) is 115 Å². The van der Waals surface area contributed by atoms with E-state index < -0.39 is 11.6 Å². The number of benzene rings is 1. The normalized spacial score (nSPS) is 31.7. The van der Waals surface area contributed by atoms with E-state index in [-0.39, 0.29) is 11.8 Å². The fraction of sp³-hybridized carbons (Fsp3) is 0.778. The summed E-state index contributed by atoms with van der Waals surface area (Å²) < 4.78 is 30.1. The second-order valence-electron chi connectivity index (χ2n) is 10.4. The SMILES string of the molecule is CCCC1CCC(c2ccc(C3CCC(C4CCCCC4)CC3)c(F)c2F)CC1. The highest BCUT2D eigenvalue weighted by atomic mass is 19.2. The van der Waals surface area contributed by atoms with Crippen molar-refractivity contribution in [1.29, 1.82) is 0 Å². The molecule has 0 N–H and O–H groups in total. The molecule has 0 saturated heterocycles. The fourth-order valence-corrected chi connectivity index (χ4v) is 6.89. The van der Waals surface area contributed by atoms with Crippen molar-refractivity contribution in [3.05, 3.63) is 34.9 Å². The third-order valence-electron chi connectivity index (χ3n) is 8.65. The average Bonchev–Trinajstić information content (AvgIpc) is 2.77. The molecule has 3 fully saturated rings. The van der Waals surface area contributed by atoms with Crippen LogP contribution in [0.25, 0.3) is 0 Å². The molecule has 162 valence electrons. The number of hydrogen-bond acceptors (Lipinski definition) is 0.